The third kappa shape index (κ3) is 3.43. The Morgan fingerprint density at radius 2 is 1.91 bits per heavy atom. The maximum Gasteiger partial charge on any atom is 0.0991 e. The van der Waals surface area contributed by atoms with Crippen LogP contribution in [0.5, 0.6) is 0 Å². The van der Waals surface area contributed by atoms with Crippen LogP contribution < -0.4 is 0 Å². The first-order valence-corrected chi connectivity index (χ1v) is 8.93. The van der Waals surface area contributed by atoms with Gasteiger partial charge in [-0.25, -0.2) is 0 Å². The molecular formula is C21H27N. The fourth-order valence-corrected chi connectivity index (χ4v) is 4.56. The van der Waals surface area contributed by atoms with Crippen molar-refractivity contribution < 1.29 is 0 Å². The second kappa shape index (κ2) is 7.14. The van der Waals surface area contributed by atoms with E-state index >= 15 is 0 Å². The zero-order chi connectivity index (χ0) is 15.4. The average Bonchev–Trinajstić information content (AvgIpc) is 2.59. The normalized spacial score (nSPS) is 27.7. The van der Waals surface area contributed by atoms with Crippen molar-refractivity contribution in [2.45, 2.75) is 57.8 Å². The van der Waals surface area contributed by atoms with Crippen molar-refractivity contribution in [3.05, 3.63) is 47.5 Å². The summed E-state index contributed by atoms with van der Waals surface area (Å²) >= 11 is 0. The molecule has 22 heavy (non-hydrogen) atoms. The van der Waals surface area contributed by atoms with Crippen LogP contribution in [0.2, 0.25) is 0 Å². The van der Waals surface area contributed by atoms with Gasteiger partial charge in [-0.15, -0.1) is 6.58 Å². The van der Waals surface area contributed by atoms with Crippen LogP contribution >= 0.6 is 0 Å². The third-order valence-electron chi connectivity index (χ3n) is 5.94. The first-order chi connectivity index (χ1) is 10.8. The Bertz CT molecular complexity index is 558. The second-order valence-electron chi connectivity index (χ2n) is 7.25. The van der Waals surface area contributed by atoms with E-state index in [0.717, 1.165) is 23.3 Å². The first-order valence-electron chi connectivity index (χ1n) is 8.93. The highest BCUT2D eigenvalue weighted by molar-refractivity contribution is 5.39. The number of hydrogen-bond acceptors (Lipinski definition) is 1. The maximum absolute atomic E-state index is 9.03. The number of rotatable bonds is 4. The summed E-state index contributed by atoms with van der Waals surface area (Å²) in [5.41, 5.74) is 3.75. The van der Waals surface area contributed by atoms with Gasteiger partial charge < -0.3 is 0 Å². The topological polar surface area (TPSA) is 23.8 Å². The maximum atomic E-state index is 9.03. The molecule has 0 spiro atoms. The highest BCUT2D eigenvalue weighted by atomic mass is 14.3. The number of nitriles is 1. The Labute approximate surface area is 135 Å². The fraction of sp³-hybridized carbons (Fsp3) is 0.571. The van der Waals surface area contributed by atoms with Crippen LogP contribution in [0, 0.1) is 29.1 Å². The predicted molar refractivity (Wildman–Crippen MR) is 91.6 cm³/mol. The van der Waals surface area contributed by atoms with Crippen LogP contribution in [0.4, 0.5) is 0 Å². The van der Waals surface area contributed by atoms with E-state index in [2.05, 4.69) is 30.9 Å². The molecule has 0 N–H and O–H groups in total. The van der Waals surface area contributed by atoms with Crippen molar-refractivity contribution in [2.75, 3.05) is 0 Å². The lowest BCUT2D eigenvalue weighted by Gasteiger charge is -2.36. The lowest BCUT2D eigenvalue weighted by molar-refractivity contribution is 0.185. The monoisotopic (exact) mass is 293 g/mol. The Morgan fingerprint density at radius 1 is 1.09 bits per heavy atom. The lowest BCUT2D eigenvalue weighted by Crippen LogP contribution is -2.26. The molecule has 1 atom stereocenters. The molecule has 3 rings (SSSR count). The molecule has 0 aromatic heterocycles. The minimum absolute atomic E-state index is 0.819. The summed E-state index contributed by atoms with van der Waals surface area (Å²) < 4.78 is 0. The van der Waals surface area contributed by atoms with E-state index in [1.54, 1.807) is 0 Å². The summed E-state index contributed by atoms with van der Waals surface area (Å²) in [4.78, 5) is 0. The van der Waals surface area contributed by atoms with E-state index in [0.29, 0.717) is 0 Å². The highest BCUT2D eigenvalue weighted by Crippen LogP contribution is 2.40. The Hall–Kier alpha value is -1.55. The molecular weight excluding hydrogens is 266 g/mol. The standard InChI is InChI=1S/C21H27N/c1-2-3-4-16-5-8-18(9-6-16)20-12-11-19-13-17(15-22)7-10-21(19)14-20/h2,7,10,13,16,18,20H,1,3-6,8-9,11-12,14H2. The summed E-state index contributed by atoms with van der Waals surface area (Å²) in [6.07, 6.45) is 14.0. The summed E-state index contributed by atoms with van der Waals surface area (Å²) in [6, 6.07) is 8.57. The molecule has 0 heterocycles. The van der Waals surface area contributed by atoms with Crippen molar-refractivity contribution in [3.63, 3.8) is 0 Å². The van der Waals surface area contributed by atoms with Crippen molar-refractivity contribution in [3.8, 4) is 6.07 Å². The molecule has 0 aliphatic heterocycles. The number of hydrogen-bond donors (Lipinski definition) is 0. The largest absolute Gasteiger partial charge is 0.192 e. The molecule has 1 fully saturated rings. The smallest absolute Gasteiger partial charge is 0.0991 e. The molecule has 116 valence electrons. The van der Waals surface area contributed by atoms with E-state index in [9.17, 15) is 0 Å². The minimum atomic E-state index is 0.819. The van der Waals surface area contributed by atoms with Crippen molar-refractivity contribution in [1.82, 2.24) is 0 Å². The van der Waals surface area contributed by atoms with Crippen LogP contribution in [0.1, 0.15) is 61.6 Å². The lowest BCUT2D eigenvalue weighted by atomic mass is 9.69. The van der Waals surface area contributed by atoms with E-state index < -0.39 is 0 Å². The van der Waals surface area contributed by atoms with Gasteiger partial charge in [0, 0.05) is 0 Å². The molecule has 2 aliphatic rings. The number of nitrogens with zero attached hydrogens (tertiary/aromatic N) is 1. The number of aryl methyl sites for hydroxylation is 1. The van der Waals surface area contributed by atoms with Gasteiger partial charge in [0.2, 0.25) is 0 Å². The van der Waals surface area contributed by atoms with Crippen molar-refractivity contribution in [1.29, 1.82) is 5.26 Å². The molecule has 1 unspecified atom stereocenters. The predicted octanol–water partition coefficient (Wildman–Crippen LogP) is 5.44. The average molecular weight is 293 g/mol. The molecule has 0 bridgehead atoms. The summed E-state index contributed by atoms with van der Waals surface area (Å²) in [6.45, 7) is 3.85. The summed E-state index contributed by atoms with van der Waals surface area (Å²) in [7, 11) is 0. The minimum Gasteiger partial charge on any atom is -0.192 e. The Morgan fingerprint density at radius 3 is 2.64 bits per heavy atom. The van der Waals surface area contributed by atoms with Crippen LogP contribution in [0.15, 0.2) is 30.9 Å². The molecule has 1 nitrogen and oxygen atoms in total. The van der Waals surface area contributed by atoms with Gasteiger partial charge in [-0.3, -0.25) is 0 Å². The van der Waals surface area contributed by atoms with Gasteiger partial charge in [0.1, 0.15) is 0 Å². The number of allylic oxidation sites excluding steroid dienone is 1. The zero-order valence-electron chi connectivity index (χ0n) is 13.6. The van der Waals surface area contributed by atoms with Gasteiger partial charge in [-0.05, 0) is 86.0 Å². The molecule has 0 radical (unpaired) electrons. The SMILES string of the molecule is C=CCCC1CCC(C2CCc3cc(C#N)ccc3C2)CC1. The summed E-state index contributed by atoms with van der Waals surface area (Å²) in [5.74, 6) is 2.76. The molecule has 1 saturated carbocycles. The molecule has 0 saturated heterocycles. The van der Waals surface area contributed by atoms with Gasteiger partial charge in [-0.2, -0.15) is 5.26 Å². The Balaban J connectivity index is 1.57. The highest BCUT2D eigenvalue weighted by Gasteiger charge is 2.29. The van der Waals surface area contributed by atoms with Crippen molar-refractivity contribution >= 4 is 0 Å². The third-order valence-corrected chi connectivity index (χ3v) is 5.94. The number of fused-ring (bicyclic) bond motifs is 1. The van der Waals surface area contributed by atoms with Gasteiger partial charge >= 0.3 is 0 Å². The van der Waals surface area contributed by atoms with Crippen molar-refractivity contribution in [2.24, 2.45) is 17.8 Å². The van der Waals surface area contributed by atoms with Gasteiger partial charge in [0.25, 0.3) is 0 Å². The van der Waals surface area contributed by atoms with E-state index in [4.69, 9.17) is 5.26 Å². The first kappa shape index (κ1) is 15.3. The quantitative estimate of drug-likeness (QED) is 0.678. The van der Waals surface area contributed by atoms with Crippen LogP contribution in [-0.2, 0) is 12.8 Å². The molecule has 0 amide bonds. The second-order valence-corrected chi connectivity index (χ2v) is 7.25. The molecule has 1 aromatic carbocycles. The van der Waals surface area contributed by atoms with Crippen LogP contribution in [-0.4, -0.2) is 0 Å². The molecule has 1 heteroatoms. The fourth-order valence-electron chi connectivity index (χ4n) is 4.56. The Kier molecular flexibility index (Phi) is 4.98. The van der Waals surface area contributed by atoms with Gasteiger partial charge in [0.15, 0.2) is 0 Å². The molecule has 1 aromatic rings. The van der Waals surface area contributed by atoms with Gasteiger partial charge in [-0.1, -0.05) is 25.0 Å². The van der Waals surface area contributed by atoms with Gasteiger partial charge in [0.05, 0.1) is 11.6 Å². The van der Waals surface area contributed by atoms with E-state index in [1.807, 2.05) is 6.07 Å². The summed E-state index contributed by atoms with van der Waals surface area (Å²) in [5, 5.41) is 9.03. The zero-order valence-corrected chi connectivity index (χ0v) is 13.6. The number of benzene rings is 1. The van der Waals surface area contributed by atoms with Crippen LogP contribution in [0.25, 0.3) is 0 Å². The van der Waals surface area contributed by atoms with Crippen LogP contribution in [0.3, 0.4) is 0 Å². The molecule has 2 aliphatic carbocycles. The van der Waals surface area contributed by atoms with E-state index in [-0.39, 0.29) is 0 Å². The van der Waals surface area contributed by atoms with E-state index in [1.165, 1.54) is 68.9 Å².